The first-order valence-electron chi connectivity index (χ1n) is 8.45. The summed E-state index contributed by atoms with van der Waals surface area (Å²) in [5, 5.41) is 9.51. The standard InChI is InChI=1S/C16H33N3O/c1-3-14(2)19-11-9-18(10-12-19)8-6-15-5-4-7-16(15,17)13-20/h14-15,20H,3-13,17H2,1-2H3. The highest BCUT2D eigenvalue weighted by molar-refractivity contribution is 4.96. The van der Waals surface area contributed by atoms with E-state index in [0.717, 1.165) is 25.4 Å². The lowest BCUT2D eigenvalue weighted by Crippen LogP contribution is -2.51. The van der Waals surface area contributed by atoms with Crippen LogP contribution in [-0.2, 0) is 0 Å². The van der Waals surface area contributed by atoms with Crippen molar-refractivity contribution < 1.29 is 5.11 Å². The van der Waals surface area contributed by atoms with Crippen LogP contribution in [0.3, 0.4) is 0 Å². The molecule has 3 unspecified atom stereocenters. The van der Waals surface area contributed by atoms with Crippen molar-refractivity contribution in [2.75, 3.05) is 39.3 Å². The van der Waals surface area contributed by atoms with Gasteiger partial charge in [0.1, 0.15) is 0 Å². The van der Waals surface area contributed by atoms with Gasteiger partial charge in [-0.1, -0.05) is 13.3 Å². The minimum Gasteiger partial charge on any atom is -0.394 e. The van der Waals surface area contributed by atoms with Gasteiger partial charge >= 0.3 is 0 Å². The van der Waals surface area contributed by atoms with Gasteiger partial charge in [-0.3, -0.25) is 4.90 Å². The van der Waals surface area contributed by atoms with Crippen molar-refractivity contribution in [3.05, 3.63) is 0 Å². The second-order valence-corrected chi connectivity index (χ2v) is 6.90. The molecule has 0 spiro atoms. The molecular weight excluding hydrogens is 250 g/mol. The number of hydrogen-bond donors (Lipinski definition) is 2. The fraction of sp³-hybridized carbons (Fsp3) is 1.00. The van der Waals surface area contributed by atoms with Crippen LogP contribution >= 0.6 is 0 Å². The van der Waals surface area contributed by atoms with E-state index in [2.05, 4.69) is 23.6 Å². The maximum Gasteiger partial charge on any atom is 0.0613 e. The van der Waals surface area contributed by atoms with Gasteiger partial charge in [-0.2, -0.15) is 0 Å². The number of aliphatic hydroxyl groups is 1. The first-order chi connectivity index (χ1) is 9.59. The van der Waals surface area contributed by atoms with E-state index in [4.69, 9.17) is 5.73 Å². The van der Waals surface area contributed by atoms with Crippen molar-refractivity contribution >= 4 is 0 Å². The predicted molar refractivity (Wildman–Crippen MR) is 83.7 cm³/mol. The second-order valence-electron chi connectivity index (χ2n) is 6.90. The first-order valence-corrected chi connectivity index (χ1v) is 8.45. The van der Waals surface area contributed by atoms with Gasteiger partial charge in [0.15, 0.2) is 0 Å². The summed E-state index contributed by atoms with van der Waals surface area (Å²) in [5.41, 5.74) is 6.03. The molecule has 118 valence electrons. The van der Waals surface area contributed by atoms with Gasteiger partial charge in [-0.05, 0) is 45.1 Å². The van der Waals surface area contributed by atoms with Crippen molar-refractivity contribution in [2.24, 2.45) is 11.7 Å². The van der Waals surface area contributed by atoms with Gasteiger partial charge < -0.3 is 15.7 Å². The second kappa shape index (κ2) is 7.21. The molecule has 2 aliphatic rings. The summed E-state index contributed by atoms with van der Waals surface area (Å²) in [6.45, 7) is 10.7. The highest BCUT2D eigenvalue weighted by Gasteiger charge is 2.38. The molecule has 3 N–H and O–H groups in total. The molecule has 3 atom stereocenters. The minimum absolute atomic E-state index is 0.152. The van der Waals surface area contributed by atoms with Gasteiger partial charge in [0.05, 0.1) is 6.61 Å². The number of nitrogens with two attached hydrogens (primary N) is 1. The van der Waals surface area contributed by atoms with Crippen LogP contribution in [0.5, 0.6) is 0 Å². The monoisotopic (exact) mass is 283 g/mol. The third-order valence-electron chi connectivity index (χ3n) is 5.72. The Morgan fingerprint density at radius 3 is 2.60 bits per heavy atom. The molecule has 0 amide bonds. The fourth-order valence-corrected chi connectivity index (χ4v) is 3.83. The van der Waals surface area contributed by atoms with E-state index in [1.807, 2.05) is 0 Å². The summed E-state index contributed by atoms with van der Waals surface area (Å²) < 4.78 is 0. The molecule has 0 bridgehead atoms. The van der Waals surface area contributed by atoms with E-state index in [9.17, 15) is 5.11 Å². The van der Waals surface area contributed by atoms with Gasteiger partial charge in [0.2, 0.25) is 0 Å². The quantitative estimate of drug-likeness (QED) is 0.771. The summed E-state index contributed by atoms with van der Waals surface area (Å²) in [4.78, 5) is 5.18. The largest absolute Gasteiger partial charge is 0.394 e. The first kappa shape index (κ1) is 16.2. The van der Waals surface area contributed by atoms with Crippen LogP contribution in [0.15, 0.2) is 0 Å². The molecule has 0 aromatic heterocycles. The van der Waals surface area contributed by atoms with Crippen LogP contribution < -0.4 is 5.73 Å². The molecule has 2 fully saturated rings. The normalized spacial score (nSPS) is 34.5. The van der Waals surface area contributed by atoms with E-state index < -0.39 is 0 Å². The maximum atomic E-state index is 9.51. The van der Waals surface area contributed by atoms with E-state index >= 15 is 0 Å². The zero-order valence-electron chi connectivity index (χ0n) is 13.4. The van der Waals surface area contributed by atoms with Crippen LogP contribution in [0.1, 0.15) is 46.0 Å². The Bertz CT molecular complexity index is 291. The van der Waals surface area contributed by atoms with Gasteiger partial charge in [0.25, 0.3) is 0 Å². The number of aliphatic hydroxyl groups excluding tert-OH is 1. The molecule has 1 saturated heterocycles. The van der Waals surface area contributed by atoms with Crippen LogP contribution in [0.2, 0.25) is 0 Å². The zero-order chi connectivity index (χ0) is 14.6. The average Bonchev–Trinajstić information content (AvgIpc) is 2.86. The lowest BCUT2D eigenvalue weighted by molar-refractivity contribution is 0.0889. The van der Waals surface area contributed by atoms with Crippen molar-refractivity contribution in [1.29, 1.82) is 0 Å². The predicted octanol–water partition coefficient (Wildman–Crippen LogP) is 1.28. The minimum atomic E-state index is -0.293. The van der Waals surface area contributed by atoms with Crippen LogP contribution in [0.4, 0.5) is 0 Å². The van der Waals surface area contributed by atoms with Crippen molar-refractivity contribution in [3.63, 3.8) is 0 Å². The summed E-state index contributed by atoms with van der Waals surface area (Å²) in [5.74, 6) is 0.514. The van der Waals surface area contributed by atoms with E-state index in [1.165, 1.54) is 45.4 Å². The molecule has 1 heterocycles. The van der Waals surface area contributed by atoms with Crippen molar-refractivity contribution in [1.82, 2.24) is 9.80 Å². The van der Waals surface area contributed by atoms with Crippen molar-refractivity contribution in [2.45, 2.75) is 57.5 Å². The van der Waals surface area contributed by atoms with Gasteiger partial charge in [-0.25, -0.2) is 0 Å². The molecule has 4 heteroatoms. The van der Waals surface area contributed by atoms with E-state index in [0.29, 0.717) is 5.92 Å². The third kappa shape index (κ3) is 3.73. The number of piperazine rings is 1. The van der Waals surface area contributed by atoms with Crippen LogP contribution in [0, 0.1) is 5.92 Å². The zero-order valence-corrected chi connectivity index (χ0v) is 13.4. The SMILES string of the molecule is CCC(C)N1CCN(CCC2CCCC2(N)CO)CC1. The Hall–Kier alpha value is -0.160. The maximum absolute atomic E-state index is 9.51. The molecule has 1 aliphatic carbocycles. The summed E-state index contributed by atoms with van der Waals surface area (Å²) >= 11 is 0. The molecule has 20 heavy (non-hydrogen) atoms. The molecule has 1 aliphatic heterocycles. The van der Waals surface area contributed by atoms with E-state index in [1.54, 1.807) is 0 Å². The molecule has 2 rings (SSSR count). The van der Waals surface area contributed by atoms with E-state index in [-0.39, 0.29) is 12.1 Å². The number of nitrogens with zero attached hydrogens (tertiary/aromatic N) is 2. The molecule has 0 radical (unpaired) electrons. The fourth-order valence-electron chi connectivity index (χ4n) is 3.83. The Labute approximate surface area is 124 Å². The Morgan fingerprint density at radius 2 is 2.00 bits per heavy atom. The summed E-state index contributed by atoms with van der Waals surface area (Å²) in [6, 6.07) is 0.720. The Morgan fingerprint density at radius 1 is 1.30 bits per heavy atom. The molecular formula is C16H33N3O. The average molecular weight is 283 g/mol. The molecule has 1 saturated carbocycles. The smallest absolute Gasteiger partial charge is 0.0613 e. The van der Waals surface area contributed by atoms with Gasteiger partial charge in [-0.15, -0.1) is 0 Å². The number of rotatable bonds is 6. The molecule has 0 aromatic rings. The van der Waals surface area contributed by atoms with Gasteiger partial charge in [0, 0.05) is 37.8 Å². The highest BCUT2D eigenvalue weighted by Crippen LogP contribution is 2.35. The topological polar surface area (TPSA) is 52.7 Å². The Balaban J connectivity index is 1.71. The lowest BCUT2D eigenvalue weighted by atomic mass is 9.86. The molecule has 4 nitrogen and oxygen atoms in total. The van der Waals surface area contributed by atoms with Crippen LogP contribution in [0.25, 0.3) is 0 Å². The van der Waals surface area contributed by atoms with Crippen LogP contribution in [-0.4, -0.2) is 65.8 Å². The summed E-state index contributed by atoms with van der Waals surface area (Å²) in [7, 11) is 0. The summed E-state index contributed by atoms with van der Waals surface area (Å²) in [6.07, 6.45) is 5.78. The van der Waals surface area contributed by atoms with Crippen molar-refractivity contribution in [3.8, 4) is 0 Å². The Kier molecular flexibility index (Phi) is 5.84. The lowest BCUT2D eigenvalue weighted by Gasteiger charge is -2.39. The molecule has 0 aromatic carbocycles. The third-order valence-corrected chi connectivity index (χ3v) is 5.72. The number of hydrogen-bond acceptors (Lipinski definition) is 4. The highest BCUT2D eigenvalue weighted by atomic mass is 16.3.